The molecular formula is C13H10ClN3O3. The molecule has 2 rings (SSSR count). The number of aromatic nitrogens is 1. The molecule has 0 fully saturated rings. The maximum absolute atomic E-state index is 12.1. The van der Waals surface area contributed by atoms with Crippen molar-refractivity contribution >= 4 is 29.0 Å². The molecule has 6 nitrogen and oxygen atoms in total. The van der Waals surface area contributed by atoms with Crippen LogP contribution in [-0.4, -0.2) is 15.8 Å². The van der Waals surface area contributed by atoms with Gasteiger partial charge in [-0.15, -0.1) is 0 Å². The minimum atomic E-state index is -0.678. The minimum Gasteiger partial charge on any atom is -0.306 e. The minimum absolute atomic E-state index is 0.0830. The number of pyridine rings is 1. The summed E-state index contributed by atoms with van der Waals surface area (Å²) in [6.07, 6.45) is 1.52. The zero-order valence-electron chi connectivity index (χ0n) is 10.5. The van der Waals surface area contributed by atoms with E-state index < -0.39 is 16.5 Å². The van der Waals surface area contributed by atoms with Gasteiger partial charge in [0.1, 0.15) is 16.4 Å². The van der Waals surface area contributed by atoms with E-state index in [2.05, 4.69) is 10.3 Å². The van der Waals surface area contributed by atoms with Gasteiger partial charge in [0.05, 0.1) is 4.92 Å². The molecule has 20 heavy (non-hydrogen) atoms. The molecule has 1 amide bonds. The number of nitro benzene ring substituents is 1. The zero-order valence-corrected chi connectivity index (χ0v) is 11.2. The molecule has 0 aliphatic carbocycles. The molecule has 0 unspecified atom stereocenters. The molecule has 1 N–H and O–H groups in total. The van der Waals surface area contributed by atoms with Gasteiger partial charge in [0, 0.05) is 6.20 Å². The molecule has 0 spiro atoms. The third kappa shape index (κ3) is 2.75. The fraction of sp³-hybridized carbons (Fsp3) is 0.0769. The molecule has 102 valence electrons. The summed E-state index contributed by atoms with van der Waals surface area (Å²) in [6, 6.07) is 7.69. The average Bonchev–Trinajstić information content (AvgIpc) is 2.40. The number of halogens is 1. The predicted octanol–water partition coefficient (Wildman–Crippen LogP) is 3.20. The summed E-state index contributed by atoms with van der Waals surface area (Å²) in [5.41, 5.74) is 0.235. The van der Waals surface area contributed by atoms with Gasteiger partial charge in [-0.25, -0.2) is 4.98 Å². The Bertz CT molecular complexity index is 688. The molecular weight excluding hydrogens is 282 g/mol. The Kier molecular flexibility index (Phi) is 3.95. The van der Waals surface area contributed by atoms with E-state index in [1.54, 1.807) is 19.1 Å². The SMILES string of the molecule is Cc1cccnc1NC(=O)c1cccc(Cl)c1[N+](=O)[O-]. The van der Waals surface area contributed by atoms with Crippen LogP contribution in [0.2, 0.25) is 5.02 Å². The van der Waals surface area contributed by atoms with Crippen molar-refractivity contribution in [2.45, 2.75) is 6.92 Å². The predicted molar refractivity (Wildman–Crippen MR) is 75.0 cm³/mol. The van der Waals surface area contributed by atoms with Crippen molar-refractivity contribution in [1.82, 2.24) is 4.98 Å². The number of carbonyl (C=O) groups is 1. The summed E-state index contributed by atoms with van der Waals surface area (Å²) in [4.78, 5) is 26.4. The maximum atomic E-state index is 12.1. The number of amides is 1. The second-order valence-corrected chi connectivity index (χ2v) is 4.42. The smallest absolute Gasteiger partial charge is 0.300 e. The number of para-hydroxylation sites is 1. The topological polar surface area (TPSA) is 85.1 Å². The van der Waals surface area contributed by atoms with Crippen LogP contribution >= 0.6 is 11.6 Å². The Morgan fingerprint density at radius 2 is 2.10 bits per heavy atom. The van der Waals surface area contributed by atoms with E-state index in [-0.39, 0.29) is 10.6 Å². The first-order valence-corrected chi connectivity index (χ1v) is 6.04. The second-order valence-electron chi connectivity index (χ2n) is 4.02. The van der Waals surface area contributed by atoms with Gasteiger partial charge in [0.25, 0.3) is 5.91 Å². The first kappa shape index (κ1) is 14.0. The van der Waals surface area contributed by atoms with Crippen molar-refractivity contribution in [2.24, 2.45) is 0 Å². The van der Waals surface area contributed by atoms with Crippen molar-refractivity contribution in [1.29, 1.82) is 0 Å². The number of anilines is 1. The number of hydrogen-bond donors (Lipinski definition) is 1. The molecule has 0 saturated carbocycles. The van der Waals surface area contributed by atoms with Gasteiger partial charge >= 0.3 is 5.69 Å². The Labute approximate surface area is 119 Å². The summed E-state index contributed by atoms with van der Waals surface area (Å²) in [6.45, 7) is 1.77. The van der Waals surface area contributed by atoms with Crippen LogP contribution in [0.5, 0.6) is 0 Å². The number of benzene rings is 1. The summed E-state index contributed by atoms with van der Waals surface area (Å²) in [5, 5.41) is 13.4. The summed E-state index contributed by atoms with van der Waals surface area (Å²) < 4.78 is 0. The van der Waals surface area contributed by atoms with E-state index >= 15 is 0 Å². The van der Waals surface area contributed by atoms with Crippen molar-refractivity contribution in [3.05, 3.63) is 62.8 Å². The first-order chi connectivity index (χ1) is 9.50. The largest absolute Gasteiger partial charge is 0.306 e. The van der Waals surface area contributed by atoms with Crippen molar-refractivity contribution < 1.29 is 9.72 Å². The molecule has 1 aromatic carbocycles. The Morgan fingerprint density at radius 1 is 1.35 bits per heavy atom. The molecule has 1 heterocycles. The van der Waals surface area contributed by atoms with E-state index in [1.165, 1.54) is 24.4 Å². The van der Waals surface area contributed by atoms with Crippen LogP contribution in [0.1, 0.15) is 15.9 Å². The normalized spacial score (nSPS) is 10.1. The number of nitrogens with zero attached hydrogens (tertiary/aromatic N) is 2. The van der Waals surface area contributed by atoms with Crippen LogP contribution in [-0.2, 0) is 0 Å². The fourth-order valence-corrected chi connectivity index (χ4v) is 1.92. The number of hydrogen-bond acceptors (Lipinski definition) is 4. The molecule has 0 saturated heterocycles. The number of nitrogens with one attached hydrogen (secondary N) is 1. The van der Waals surface area contributed by atoms with Gasteiger partial charge in [-0.2, -0.15) is 0 Å². The second kappa shape index (κ2) is 5.66. The van der Waals surface area contributed by atoms with Crippen LogP contribution in [0, 0.1) is 17.0 Å². The third-order valence-electron chi connectivity index (χ3n) is 2.66. The van der Waals surface area contributed by atoms with Crippen molar-refractivity contribution in [3.8, 4) is 0 Å². The molecule has 1 aromatic heterocycles. The van der Waals surface area contributed by atoms with Gasteiger partial charge < -0.3 is 5.32 Å². The Hall–Kier alpha value is -2.47. The van der Waals surface area contributed by atoms with E-state index in [9.17, 15) is 14.9 Å². The van der Waals surface area contributed by atoms with Gasteiger partial charge in [-0.3, -0.25) is 14.9 Å². The van der Waals surface area contributed by atoms with Gasteiger partial charge in [0.2, 0.25) is 0 Å². The summed E-state index contributed by atoms with van der Waals surface area (Å²) >= 11 is 5.77. The fourth-order valence-electron chi connectivity index (χ4n) is 1.68. The summed E-state index contributed by atoms with van der Waals surface area (Å²) in [5.74, 6) is -0.271. The van der Waals surface area contributed by atoms with E-state index in [1.807, 2.05) is 0 Å². The molecule has 7 heteroatoms. The van der Waals surface area contributed by atoms with Gasteiger partial charge in [-0.05, 0) is 30.7 Å². The van der Waals surface area contributed by atoms with Crippen LogP contribution < -0.4 is 5.32 Å². The van der Waals surface area contributed by atoms with Crippen molar-refractivity contribution in [3.63, 3.8) is 0 Å². The van der Waals surface area contributed by atoms with Crippen molar-refractivity contribution in [2.75, 3.05) is 5.32 Å². The molecule has 0 radical (unpaired) electrons. The Morgan fingerprint density at radius 3 is 2.75 bits per heavy atom. The van der Waals surface area contributed by atoms with Gasteiger partial charge in [0.15, 0.2) is 0 Å². The van der Waals surface area contributed by atoms with Crippen LogP contribution in [0.3, 0.4) is 0 Å². The monoisotopic (exact) mass is 291 g/mol. The first-order valence-electron chi connectivity index (χ1n) is 5.66. The van der Waals surface area contributed by atoms with Crippen LogP contribution in [0.15, 0.2) is 36.5 Å². The average molecular weight is 292 g/mol. The lowest BCUT2D eigenvalue weighted by molar-refractivity contribution is -0.385. The zero-order chi connectivity index (χ0) is 14.7. The standard InChI is InChI=1S/C13H10ClN3O3/c1-8-4-3-7-15-12(8)16-13(18)9-5-2-6-10(14)11(9)17(19)20/h2-7H,1H3,(H,15,16,18). The molecule has 0 aliphatic heterocycles. The molecule has 2 aromatic rings. The van der Waals surface area contributed by atoms with E-state index in [4.69, 9.17) is 11.6 Å². The number of aryl methyl sites for hydroxylation is 1. The number of carbonyl (C=O) groups excluding carboxylic acids is 1. The van der Waals surface area contributed by atoms with Crippen LogP contribution in [0.4, 0.5) is 11.5 Å². The van der Waals surface area contributed by atoms with Gasteiger partial charge in [-0.1, -0.05) is 23.7 Å². The highest BCUT2D eigenvalue weighted by Gasteiger charge is 2.24. The third-order valence-corrected chi connectivity index (χ3v) is 2.96. The molecule has 0 bridgehead atoms. The van der Waals surface area contributed by atoms with E-state index in [0.717, 1.165) is 5.56 Å². The maximum Gasteiger partial charge on any atom is 0.300 e. The highest BCUT2D eigenvalue weighted by molar-refractivity contribution is 6.33. The highest BCUT2D eigenvalue weighted by Crippen LogP contribution is 2.28. The lowest BCUT2D eigenvalue weighted by atomic mass is 10.1. The lowest BCUT2D eigenvalue weighted by Crippen LogP contribution is -2.15. The highest BCUT2D eigenvalue weighted by atomic mass is 35.5. The molecule has 0 atom stereocenters. The molecule has 0 aliphatic rings. The van der Waals surface area contributed by atoms with Crippen LogP contribution in [0.25, 0.3) is 0 Å². The quantitative estimate of drug-likeness (QED) is 0.695. The summed E-state index contributed by atoms with van der Waals surface area (Å²) in [7, 11) is 0. The number of nitro groups is 1. The number of rotatable bonds is 3. The Balaban J connectivity index is 2.38. The van der Waals surface area contributed by atoms with E-state index in [0.29, 0.717) is 5.82 Å². The lowest BCUT2D eigenvalue weighted by Gasteiger charge is -2.07.